The van der Waals surface area contributed by atoms with Gasteiger partial charge in [-0.3, -0.25) is 9.69 Å². The summed E-state index contributed by atoms with van der Waals surface area (Å²) in [6.45, 7) is 4.56. The van der Waals surface area contributed by atoms with E-state index in [4.69, 9.17) is 0 Å². The van der Waals surface area contributed by atoms with Crippen molar-refractivity contribution in [2.24, 2.45) is 4.99 Å². The normalized spacial score (nSPS) is 14.4. The monoisotopic (exact) mass is 636 g/mol. The lowest BCUT2D eigenvalue weighted by molar-refractivity contribution is -0.274. The van der Waals surface area contributed by atoms with E-state index in [2.05, 4.69) is 39.0 Å². The molecule has 0 bridgehead atoms. The first-order valence-electron chi connectivity index (χ1n) is 14.4. The Labute approximate surface area is 262 Å². The third-order valence-corrected chi connectivity index (χ3v) is 7.87. The molecule has 1 fully saturated rings. The van der Waals surface area contributed by atoms with Gasteiger partial charge in [0.15, 0.2) is 11.0 Å². The number of nitrogens with zero attached hydrogens (tertiary/aromatic N) is 5. The van der Waals surface area contributed by atoms with Crippen molar-refractivity contribution in [3.05, 3.63) is 90.3 Å². The van der Waals surface area contributed by atoms with Crippen molar-refractivity contribution in [1.29, 1.82) is 0 Å². The summed E-state index contributed by atoms with van der Waals surface area (Å²) >= 11 is 1.26. The number of aliphatic imine (C=N–C) groups is 1. The highest BCUT2D eigenvalue weighted by molar-refractivity contribution is 8.15. The number of hydrogen-bond donors (Lipinski definition) is 1. The molecular formula is C32H31F3N6O3S. The Morgan fingerprint density at radius 2 is 1.84 bits per heavy atom. The number of anilines is 1. The fourth-order valence-electron chi connectivity index (χ4n) is 4.82. The van der Waals surface area contributed by atoms with Crippen LogP contribution in [0.2, 0.25) is 0 Å². The number of amides is 3. The van der Waals surface area contributed by atoms with E-state index in [9.17, 15) is 22.8 Å². The van der Waals surface area contributed by atoms with Gasteiger partial charge in [-0.05, 0) is 72.7 Å². The molecule has 2 heterocycles. The number of benzene rings is 3. The van der Waals surface area contributed by atoms with Crippen LogP contribution in [-0.4, -0.2) is 50.5 Å². The van der Waals surface area contributed by atoms with Gasteiger partial charge in [0, 0.05) is 12.1 Å². The van der Waals surface area contributed by atoms with Crippen molar-refractivity contribution in [2.75, 3.05) is 17.2 Å². The first-order chi connectivity index (χ1) is 21.6. The van der Waals surface area contributed by atoms with E-state index in [1.165, 1.54) is 51.9 Å². The van der Waals surface area contributed by atoms with Crippen molar-refractivity contribution in [2.45, 2.75) is 45.4 Å². The summed E-state index contributed by atoms with van der Waals surface area (Å²) in [6.07, 6.45) is -0.945. The second kappa shape index (κ2) is 14.0. The van der Waals surface area contributed by atoms with E-state index in [-0.39, 0.29) is 23.3 Å². The molecule has 45 heavy (non-hydrogen) atoms. The lowest BCUT2D eigenvalue weighted by atomic mass is 10.0. The predicted molar refractivity (Wildman–Crippen MR) is 168 cm³/mol. The number of urea groups is 1. The molecule has 9 nitrogen and oxygen atoms in total. The highest BCUT2D eigenvalue weighted by Crippen LogP contribution is 2.33. The zero-order chi connectivity index (χ0) is 32.0. The first-order valence-corrected chi connectivity index (χ1v) is 15.3. The van der Waals surface area contributed by atoms with Crippen molar-refractivity contribution < 1.29 is 27.5 Å². The molecule has 5 rings (SSSR count). The Morgan fingerprint density at radius 1 is 1.07 bits per heavy atom. The van der Waals surface area contributed by atoms with E-state index >= 15 is 0 Å². The van der Waals surface area contributed by atoms with Gasteiger partial charge in [-0.2, -0.15) is 4.99 Å². The minimum absolute atomic E-state index is 0.0996. The van der Waals surface area contributed by atoms with Crippen LogP contribution in [0.25, 0.3) is 17.1 Å². The SMILES string of the molecule is CC(C)c1ccccc1N1C(=O)CS/C1=N\C(=O)NCCCCc1cccc(-c2ncn(-c3ccc(OC(F)(F)F)cc3)n2)c1. The standard InChI is InChI=1S/C32H31F3N6O3S/c1-21(2)26-11-3-4-12-27(26)41-28(42)19-45-31(41)38-30(43)36-17-6-5-8-22-9-7-10-23(18-22)29-37-20-40(39-29)24-13-15-25(16-14-24)44-32(33,34)35/h3-4,7,9-16,18,20-21H,5-6,8,17,19H2,1-2H3,(H,36,43)/b38-31-. The second-order valence-corrected chi connectivity index (χ2v) is 11.5. The fraction of sp³-hybridized carbons (Fsp3) is 0.281. The van der Waals surface area contributed by atoms with Gasteiger partial charge in [0.25, 0.3) is 0 Å². The summed E-state index contributed by atoms with van der Waals surface area (Å²) < 4.78 is 42.7. The molecule has 1 aromatic heterocycles. The molecule has 3 amide bonds. The number of carbonyl (C=O) groups excluding carboxylic acids is 2. The number of alkyl halides is 3. The van der Waals surface area contributed by atoms with Crippen LogP contribution in [0.5, 0.6) is 5.75 Å². The quantitative estimate of drug-likeness (QED) is 0.186. The molecule has 3 aromatic carbocycles. The van der Waals surface area contributed by atoms with Crippen molar-refractivity contribution >= 4 is 34.6 Å². The number of nitrogens with one attached hydrogen (secondary N) is 1. The molecule has 1 aliphatic rings. The summed E-state index contributed by atoms with van der Waals surface area (Å²) in [5.41, 5.74) is 4.19. The van der Waals surface area contributed by atoms with Crippen LogP contribution in [0.4, 0.5) is 23.7 Å². The molecule has 13 heteroatoms. The molecule has 4 aromatic rings. The van der Waals surface area contributed by atoms with Crippen molar-refractivity contribution in [3.8, 4) is 22.8 Å². The summed E-state index contributed by atoms with van der Waals surface area (Å²) in [6, 6.07) is 20.3. The molecular weight excluding hydrogens is 605 g/mol. The number of unbranched alkanes of at least 4 members (excludes halogenated alkanes) is 1. The number of ether oxygens (including phenoxy) is 1. The molecule has 234 valence electrons. The molecule has 1 saturated heterocycles. The van der Waals surface area contributed by atoms with Crippen LogP contribution in [0.3, 0.4) is 0 Å². The maximum atomic E-state index is 12.7. The average Bonchev–Trinajstić information content (AvgIpc) is 3.64. The van der Waals surface area contributed by atoms with E-state index in [1.807, 2.05) is 48.5 Å². The number of para-hydroxylation sites is 1. The minimum Gasteiger partial charge on any atom is -0.406 e. The number of rotatable bonds is 10. The Kier molecular flexibility index (Phi) is 9.87. The van der Waals surface area contributed by atoms with E-state index in [0.29, 0.717) is 23.2 Å². The number of aryl methyl sites for hydroxylation is 1. The third kappa shape index (κ3) is 8.29. The highest BCUT2D eigenvalue weighted by atomic mass is 32.2. The summed E-state index contributed by atoms with van der Waals surface area (Å²) in [5.74, 6) is 0.512. The summed E-state index contributed by atoms with van der Waals surface area (Å²) in [5, 5.41) is 7.67. The van der Waals surface area contributed by atoms with Crippen molar-refractivity contribution in [3.63, 3.8) is 0 Å². The predicted octanol–water partition coefficient (Wildman–Crippen LogP) is 7.12. The Balaban J connectivity index is 1.12. The number of carbonyl (C=O) groups is 2. The van der Waals surface area contributed by atoms with Gasteiger partial charge in [0.1, 0.15) is 12.1 Å². The van der Waals surface area contributed by atoms with Crippen molar-refractivity contribution in [1.82, 2.24) is 20.1 Å². The molecule has 1 aliphatic heterocycles. The zero-order valence-electron chi connectivity index (χ0n) is 24.6. The Bertz CT molecular complexity index is 1690. The zero-order valence-corrected chi connectivity index (χ0v) is 25.4. The van der Waals surface area contributed by atoms with Crippen LogP contribution in [-0.2, 0) is 11.2 Å². The second-order valence-electron chi connectivity index (χ2n) is 10.6. The van der Waals surface area contributed by atoms with Gasteiger partial charge < -0.3 is 10.1 Å². The van der Waals surface area contributed by atoms with Crippen LogP contribution >= 0.6 is 11.8 Å². The molecule has 0 radical (unpaired) electrons. The maximum absolute atomic E-state index is 12.7. The number of thioether (sulfide) groups is 1. The molecule has 0 spiro atoms. The van der Waals surface area contributed by atoms with Gasteiger partial charge in [-0.1, -0.05) is 62.0 Å². The molecule has 0 atom stereocenters. The van der Waals surface area contributed by atoms with Gasteiger partial charge in [-0.25, -0.2) is 14.5 Å². The minimum atomic E-state index is -4.75. The first kappa shape index (κ1) is 31.8. The van der Waals surface area contributed by atoms with Gasteiger partial charge >= 0.3 is 12.4 Å². The smallest absolute Gasteiger partial charge is 0.406 e. The highest BCUT2D eigenvalue weighted by Gasteiger charge is 2.32. The average molecular weight is 637 g/mol. The lowest BCUT2D eigenvalue weighted by Gasteiger charge is -2.21. The van der Waals surface area contributed by atoms with Gasteiger partial charge in [-0.15, -0.1) is 18.3 Å². The number of amidine groups is 1. The number of hydrogen-bond acceptors (Lipinski definition) is 6. The summed E-state index contributed by atoms with van der Waals surface area (Å²) in [7, 11) is 0. The number of aromatic nitrogens is 3. The molecule has 1 N–H and O–H groups in total. The van der Waals surface area contributed by atoms with Crippen LogP contribution in [0.1, 0.15) is 43.7 Å². The van der Waals surface area contributed by atoms with Gasteiger partial charge in [0.05, 0.1) is 17.1 Å². The summed E-state index contributed by atoms with van der Waals surface area (Å²) in [4.78, 5) is 35.3. The fourth-order valence-corrected chi connectivity index (χ4v) is 5.68. The van der Waals surface area contributed by atoms with Crippen LogP contribution in [0, 0.1) is 0 Å². The third-order valence-electron chi connectivity index (χ3n) is 6.94. The van der Waals surface area contributed by atoms with E-state index < -0.39 is 12.4 Å². The Morgan fingerprint density at radius 3 is 2.60 bits per heavy atom. The largest absolute Gasteiger partial charge is 0.573 e. The number of halogens is 3. The van der Waals surface area contributed by atoms with Crippen LogP contribution < -0.4 is 15.0 Å². The van der Waals surface area contributed by atoms with Crippen LogP contribution in [0.15, 0.2) is 84.1 Å². The molecule has 0 unspecified atom stereocenters. The molecule has 0 aliphatic carbocycles. The van der Waals surface area contributed by atoms with E-state index in [0.717, 1.165) is 41.6 Å². The topological polar surface area (TPSA) is 102 Å². The van der Waals surface area contributed by atoms with Gasteiger partial charge in [0.2, 0.25) is 5.91 Å². The Hall–Kier alpha value is -4.65. The molecule has 0 saturated carbocycles. The lowest BCUT2D eigenvalue weighted by Crippen LogP contribution is -2.32. The van der Waals surface area contributed by atoms with E-state index in [1.54, 1.807) is 0 Å². The maximum Gasteiger partial charge on any atom is 0.573 e.